The third kappa shape index (κ3) is 8.21. The minimum Gasteiger partial charge on any atom is -0.0625 e. The molecule has 0 spiro atoms. The topological polar surface area (TPSA) is 0 Å². The van der Waals surface area contributed by atoms with Gasteiger partial charge in [-0.2, -0.15) is 0 Å². The maximum Gasteiger partial charge on any atom is -0.0162 e. The van der Waals surface area contributed by atoms with Gasteiger partial charge in [0, 0.05) is 0 Å². The van der Waals surface area contributed by atoms with Crippen molar-refractivity contribution in [3.05, 3.63) is 70.8 Å². The minimum absolute atomic E-state index is 0.653. The SMILES string of the molecule is CC(C)C1CC1.CC(C)c1ccc(C2CC2)cc1.Cc1ccc(C(C)C)cc1. The Kier molecular flexibility index (Phi) is 8.80. The molecule has 0 atom stereocenters. The van der Waals surface area contributed by atoms with Crippen LogP contribution in [0, 0.1) is 18.8 Å². The molecular formula is C28H42. The lowest BCUT2D eigenvalue weighted by molar-refractivity contribution is 0.563. The second-order valence-corrected chi connectivity index (χ2v) is 9.74. The molecule has 2 aromatic rings. The maximum absolute atomic E-state index is 2.30. The standard InChI is InChI=1S/C12H16.C10H14.C6H12/c1-9(2)10-3-5-11(6-4-10)12-7-8-12;1-8(2)10-6-4-9(3)5-7-10;1-5(2)6-3-4-6/h3-6,9,12H,7-8H2,1-2H3;4-8H,1-3H3;5-6H,3-4H2,1-2H3. The van der Waals surface area contributed by atoms with E-state index in [4.69, 9.17) is 0 Å². The Balaban J connectivity index is 0.000000159. The highest BCUT2D eigenvalue weighted by Gasteiger charge is 2.24. The van der Waals surface area contributed by atoms with Gasteiger partial charge in [-0.25, -0.2) is 0 Å². The molecule has 0 unspecified atom stereocenters. The molecule has 2 saturated carbocycles. The quantitative estimate of drug-likeness (QED) is 0.498. The van der Waals surface area contributed by atoms with Gasteiger partial charge in [0.15, 0.2) is 0 Å². The van der Waals surface area contributed by atoms with Gasteiger partial charge in [0.2, 0.25) is 0 Å². The van der Waals surface area contributed by atoms with E-state index in [1.54, 1.807) is 5.56 Å². The van der Waals surface area contributed by atoms with Crippen molar-refractivity contribution < 1.29 is 0 Å². The Labute approximate surface area is 174 Å². The fourth-order valence-corrected chi connectivity index (χ4v) is 3.28. The molecule has 154 valence electrons. The molecule has 0 saturated heterocycles. The number of benzene rings is 2. The highest BCUT2D eigenvalue weighted by atomic mass is 14.3. The van der Waals surface area contributed by atoms with Crippen LogP contribution >= 0.6 is 0 Å². The van der Waals surface area contributed by atoms with Crippen molar-refractivity contribution in [2.75, 3.05) is 0 Å². The van der Waals surface area contributed by atoms with E-state index in [0.717, 1.165) is 17.8 Å². The molecular weight excluding hydrogens is 336 g/mol. The van der Waals surface area contributed by atoms with Crippen LogP contribution in [-0.4, -0.2) is 0 Å². The van der Waals surface area contributed by atoms with Crippen molar-refractivity contribution in [3.63, 3.8) is 0 Å². The van der Waals surface area contributed by atoms with E-state index >= 15 is 0 Å². The maximum atomic E-state index is 2.30. The van der Waals surface area contributed by atoms with Gasteiger partial charge in [-0.05, 0) is 78.9 Å². The molecule has 0 nitrogen and oxygen atoms in total. The van der Waals surface area contributed by atoms with Crippen molar-refractivity contribution in [1.82, 2.24) is 0 Å². The summed E-state index contributed by atoms with van der Waals surface area (Å²) in [6.45, 7) is 15.6. The van der Waals surface area contributed by atoms with Crippen LogP contribution in [0.25, 0.3) is 0 Å². The van der Waals surface area contributed by atoms with Crippen LogP contribution in [0.4, 0.5) is 0 Å². The van der Waals surface area contributed by atoms with Crippen molar-refractivity contribution >= 4 is 0 Å². The largest absolute Gasteiger partial charge is 0.0625 e. The lowest BCUT2D eigenvalue weighted by Crippen LogP contribution is -1.87. The minimum atomic E-state index is 0.653. The summed E-state index contributed by atoms with van der Waals surface area (Å²) in [6.07, 6.45) is 5.80. The first-order valence-electron chi connectivity index (χ1n) is 11.4. The van der Waals surface area contributed by atoms with Gasteiger partial charge in [0.05, 0.1) is 0 Å². The predicted octanol–water partition coefficient (Wildman–Crippen LogP) is 8.86. The monoisotopic (exact) mass is 378 g/mol. The van der Waals surface area contributed by atoms with Gasteiger partial charge < -0.3 is 0 Å². The van der Waals surface area contributed by atoms with Crippen molar-refractivity contribution in [2.45, 2.75) is 91.9 Å². The van der Waals surface area contributed by atoms with E-state index in [1.165, 1.54) is 42.4 Å². The average molecular weight is 379 g/mol. The predicted molar refractivity (Wildman–Crippen MR) is 125 cm³/mol. The Morgan fingerprint density at radius 2 is 1.04 bits per heavy atom. The zero-order chi connectivity index (χ0) is 20.7. The van der Waals surface area contributed by atoms with Gasteiger partial charge in [-0.3, -0.25) is 0 Å². The third-order valence-electron chi connectivity index (χ3n) is 5.96. The van der Waals surface area contributed by atoms with Gasteiger partial charge in [-0.1, -0.05) is 95.6 Å². The normalized spacial score (nSPS) is 15.8. The molecule has 4 rings (SSSR count). The summed E-state index contributed by atoms with van der Waals surface area (Å²) in [5.74, 6) is 4.28. The molecule has 0 aliphatic heterocycles. The molecule has 2 aromatic carbocycles. The van der Waals surface area contributed by atoms with E-state index in [1.807, 2.05) is 0 Å². The van der Waals surface area contributed by atoms with E-state index < -0.39 is 0 Å². The zero-order valence-electron chi connectivity index (χ0n) is 19.3. The smallest absolute Gasteiger partial charge is 0.0162 e. The third-order valence-corrected chi connectivity index (χ3v) is 5.96. The summed E-state index contributed by atoms with van der Waals surface area (Å²) < 4.78 is 0. The fourth-order valence-electron chi connectivity index (χ4n) is 3.28. The molecule has 2 aliphatic carbocycles. The summed E-state index contributed by atoms with van der Waals surface area (Å²) >= 11 is 0. The van der Waals surface area contributed by atoms with Crippen molar-refractivity contribution in [1.29, 1.82) is 0 Å². The summed E-state index contributed by atoms with van der Waals surface area (Å²) in [5, 5.41) is 0. The molecule has 0 heteroatoms. The van der Waals surface area contributed by atoms with Crippen LogP contribution in [0.5, 0.6) is 0 Å². The van der Waals surface area contributed by atoms with E-state index in [9.17, 15) is 0 Å². The summed E-state index contributed by atoms with van der Waals surface area (Å²) in [6, 6.07) is 17.9. The van der Waals surface area contributed by atoms with Crippen molar-refractivity contribution in [2.24, 2.45) is 11.8 Å². The molecule has 0 amide bonds. The molecule has 2 fully saturated rings. The first kappa shape index (κ1) is 22.7. The lowest BCUT2D eigenvalue weighted by Gasteiger charge is -2.05. The average Bonchev–Trinajstić information content (AvgIpc) is 3.56. The number of aryl methyl sites for hydroxylation is 1. The van der Waals surface area contributed by atoms with Gasteiger partial charge in [0.25, 0.3) is 0 Å². The summed E-state index contributed by atoms with van der Waals surface area (Å²) in [7, 11) is 0. The second-order valence-electron chi connectivity index (χ2n) is 9.74. The highest BCUT2D eigenvalue weighted by Crippen LogP contribution is 2.40. The Morgan fingerprint density at radius 3 is 1.32 bits per heavy atom. The van der Waals surface area contributed by atoms with Crippen molar-refractivity contribution in [3.8, 4) is 0 Å². The summed E-state index contributed by atoms with van der Waals surface area (Å²) in [5.41, 5.74) is 5.76. The highest BCUT2D eigenvalue weighted by molar-refractivity contribution is 5.29. The molecule has 0 N–H and O–H groups in total. The first-order chi connectivity index (χ1) is 13.3. The fraction of sp³-hybridized carbons (Fsp3) is 0.571. The van der Waals surface area contributed by atoms with E-state index in [-0.39, 0.29) is 0 Å². The zero-order valence-corrected chi connectivity index (χ0v) is 19.3. The Bertz CT molecular complexity index is 644. The lowest BCUT2D eigenvalue weighted by atomic mass is 10.0. The van der Waals surface area contributed by atoms with Crippen LogP contribution in [0.1, 0.15) is 107 Å². The van der Waals surface area contributed by atoms with Crippen LogP contribution in [-0.2, 0) is 0 Å². The van der Waals surface area contributed by atoms with Gasteiger partial charge in [0.1, 0.15) is 0 Å². The molecule has 2 aliphatic rings. The van der Waals surface area contributed by atoms with Gasteiger partial charge in [-0.15, -0.1) is 0 Å². The summed E-state index contributed by atoms with van der Waals surface area (Å²) in [4.78, 5) is 0. The Morgan fingerprint density at radius 1 is 0.607 bits per heavy atom. The molecule has 0 bridgehead atoms. The molecule has 0 heterocycles. The second kappa shape index (κ2) is 10.8. The van der Waals surface area contributed by atoms with Crippen LogP contribution in [0.2, 0.25) is 0 Å². The first-order valence-corrected chi connectivity index (χ1v) is 11.4. The van der Waals surface area contributed by atoms with Crippen LogP contribution in [0.15, 0.2) is 48.5 Å². The molecule has 0 aromatic heterocycles. The number of hydrogen-bond acceptors (Lipinski definition) is 0. The van der Waals surface area contributed by atoms with Crippen LogP contribution < -0.4 is 0 Å². The number of rotatable bonds is 4. The molecule has 28 heavy (non-hydrogen) atoms. The Hall–Kier alpha value is -1.56. The number of hydrogen-bond donors (Lipinski definition) is 0. The molecule has 0 radical (unpaired) electrons. The van der Waals surface area contributed by atoms with Crippen LogP contribution in [0.3, 0.4) is 0 Å². The van der Waals surface area contributed by atoms with E-state index in [2.05, 4.69) is 97.0 Å². The van der Waals surface area contributed by atoms with Gasteiger partial charge >= 0.3 is 0 Å². The van der Waals surface area contributed by atoms with E-state index in [0.29, 0.717) is 11.8 Å².